The minimum atomic E-state index is -0.311. The highest BCUT2D eigenvalue weighted by Gasteiger charge is 2.39. The molecule has 120 valence electrons. The van der Waals surface area contributed by atoms with Crippen molar-refractivity contribution in [1.29, 1.82) is 0 Å². The zero-order valence-corrected chi connectivity index (χ0v) is 12.8. The summed E-state index contributed by atoms with van der Waals surface area (Å²) >= 11 is 0. The molecular formula is C15H17N5O3. The molecule has 2 saturated heterocycles. The van der Waals surface area contributed by atoms with Crippen molar-refractivity contribution in [1.82, 2.24) is 24.4 Å². The van der Waals surface area contributed by atoms with E-state index in [2.05, 4.69) is 10.2 Å². The van der Waals surface area contributed by atoms with E-state index in [1.807, 2.05) is 0 Å². The number of nitrogens with zero attached hydrogens (tertiary/aromatic N) is 5. The number of ether oxygens (including phenoxy) is 1. The number of aromatic nitrogens is 3. The van der Waals surface area contributed by atoms with E-state index < -0.39 is 0 Å². The third kappa shape index (κ3) is 2.26. The fourth-order valence-corrected chi connectivity index (χ4v) is 3.25. The van der Waals surface area contributed by atoms with Gasteiger partial charge in [0.25, 0.3) is 5.91 Å². The van der Waals surface area contributed by atoms with Crippen LogP contribution in [0, 0.1) is 5.92 Å². The molecule has 2 bridgehead atoms. The number of carbonyl (C=O) groups excluding carboxylic acids is 2. The molecule has 2 atom stereocenters. The van der Waals surface area contributed by atoms with Gasteiger partial charge in [-0.2, -0.15) is 0 Å². The van der Waals surface area contributed by atoms with Crippen molar-refractivity contribution in [3.8, 4) is 0 Å². The molecular weight excluding hydrogens is 298 g/mol. The fraction of sp³-hybridized carbons (Fsp3) is 0.467. The lowest BCUT2D eigenvalue weighted by molar-refractivity contribution is -0.133. The lowest BCUT2D eigenvalue weighted by Gasteiger charge is -2.29. The number of fused-ring (bicyclic) bond motifs is 4. The van der Waals surface area contributed by atoms with Crippen LogP contribution >= 0.6 is 0 Å². The first-order chi connectivity index (χ1) is 11.1. The maximum Gasteiger partial charge on any atom is 0.257 e. The van der Waals surface area contributed by atoms with Crippen LogP contribution < -0.4 is 0 Å². The molecule has 23 heavy (non-hydrogen) atoms. The molecule has 4 heterocycles. The Morgan fingerprint density at radius 3 is 3.09 bits per heavy atom. The average molecular weight is 315 g/mol. The number of hydrogen-bond donors (Lipinski definition) is 0. The maximum absolute atomic E-state index is 13.0. The molecule has 2 aliphatic rings. The van der Waals surface area contributed by atoms with Gasteiger partial charge in [-0.05, 0) is 12.1 Å². The van der Waals surface area contributed by atoms with E-state index in [1.165, 1.54) is 0 Å². The number of rotatable bonds is 1. The van der Waals surface area contributed by atoms with Crippen molar-refractivity contribution < 1.29 is 14.3 Å². The second-order valence-electron chi connectivity index (χ2n) is 6.03. The van der Waals surface area contributed by atoms with Gasteiger partial charge in [-0.1, -0.05) is 0 Å². The molecule has 4 rings (SSSR count). The highest BCUT2D eigenvalue weighted by molar-refractivity contribution is 6.00. The monoisotopic (exact) mass is 315 g/mol. The molecule has 0 radical (unpaired) electrons. The van der Waals surface area contributed by atoms with Gasteiger partial charge in [0, 0.05) is 26.3 Å². The van der Waals surface area contributed by atoms with E-state index in [9.17, 15) is 9.59 Å². The van der Waals surface area contributed by atoms with E-state index in [0.29, 0.717) is 37.5 Å². The number of carbonyl (C=O) groups is 2. The summed E-state index contributed by atoms with van der Waals surface area (Å²) in [7, 11) is 1.78. The van der Waals surface area contributed by atoms with Gasteiger partial charge in [-0.3, -0.25) is 14.0 Å². The largest absolute Gasteiger partial charge is 0.378 e. The molecule has 0 aliphatic carbocycles. The third-order valence-electron chi connectivity index (χ3n) is 4.59. The molecule has 0 aromatic carbocycles. The number of pyridine rings is 1. The van der Waals surface area contributed by atoms with Gasteiger partial charge < -0.3 is 14.5 Å². The molecule has 0 unspecified atom stereocenters. The summed E-state index contributed by atoms with van der Waals surface area (Å²) in [4.78, 5) is 28.8. The summed E-state index contributed by atoms with van der Waals surface area (Å²) in [5, 5.41) is 7.87. The van der Waals surface area contributed by atoms with E-state index in [1.54, 1.807) is 45.9 Å². The van der Waals surface area contributed by atoms with Crippen LogP contribution in [0.2, 0.25) is 0 Å². The Morgan fingerprint density at radius 2 is 2.22 bits per heavy atom. The summed E-state index contributed by atoms with van der Waals surface area (Å²) in [5.74, 6) is -0.388. The molecule has 0 saturated carbocycles. The Bertz CT molecular complexity index is 773. The topological polar surface area (TPSA) is 80.0 Å². The summed E-state index contributed by atoms with van der Waals surface area (Å²) in [6, 6.07) is 3.43. The molecule has 2 fully saturated rings. The van der Waals surface area contributed by atoms with Crippen molar-refractivity contribution >= 4 is 17.5 Å². The zero-order valence-electron chi connectivity index (χ0n) is 12.8. The van der Waals surface area contributed by atoms with E-state index in [4.69, 9.17) is 4.74 Å². The molecule has 2 amide bonds. The molecule has 2 aromatic rings. The molecule has 2 aliphatic heterocycles. The second kappa shape index (κ2) is 5.31. The van der Waals surface area contributed by atoms with E-state index in [0.717, 1.165) is 0 Å². The highest BCUT2D eigenvalue weighted by atomic mass is 16.5. The minimum absolute atomic E-state index is 0.0449. The highest BCUT2D eigenvalue weighted by Crippen LogP contribution is 2.22. The van der Waals surface area contributed by atoms with Gasteiger partial charge in [0.15, 0.2) is 5.65 Å². The SMILES string of the molecule is CN1C(=O)[C@H]2COC[C@@H]1CN(C(=O)c1cccn3cnnc13)C2. The van der Waals surface area contributed by atoms with Crippen molar-refractivity contribution in [2.24, 2.45) is 5.92 Å². The fourth-order valence-electron chi connectivity index (χ4n) is 3.25. The van der Waals surface area contributed by atoms with Crippen LogP contribution in [0.15, 0.2) is 24.7 Å². The van der Waals surface area contributed by atoms with Gasteiger partial charge in [0.1, 0.15) is 6.33 Å². The maximum atomic E-state index is 13.0. The Hall–Kier alpha value is -2.48. The summed E-state index contributed by atoms with van der Waals surface area (Å²) in [5.41, 5.74) is 1.03. The Balaban J connectivity index is 1.69. The van der Waals surface area contributed by atoms with Gasteiger partial charge in [0.2, 0.25) is 5.91 Å². The van der Waals surface area contributed by atoms with Gasteiger partial charge >= 0.3 is 0 Å². The number of likely N-dealkylation sites (N-methyl/N-ethyl adjacent to an activating group) is 1. The first-order valence-corrected chi connectivity index (χ1v) is 7.57. The van der Waals surface area contributed by atoms with Crippen molar-refractivity contribution in [2.75, 3.05) is 33.4 Å². The van der Waals surface area contributed by atoms with Crippen LogP contribution in [0.5, 0.6) is 0 Å². The van der Waals surface area contributed by atoms with Crippen molar-refractivity contribution in [3.63, 3.8) is 0 Å². The summed E-state index contributed by atoms with van der Waals surface area (Å²) in [6.07, 6.45) is 3.36. The van der Waals surface area contributed by atoms with Crippen LogP contribution in [0.3, 0.4) is 0 Å². The molecule has 0 spiro atoms. The predicted molar refractivity (Wildman–Crippen MR) is 79.8 cm³/mol. The van der Waals surface area contributed by atoms with Crippen molar-refractivity contribution in [3.05, 3.63) is 30.2 Å². The Labute approximate surface area is 132 Å². The van der Waals surface area contributed by atoms with Crippen LogP contribution in [0.4, 0.5) is 0 Å². The van der Waals surface area contributed by atoms with Gasteiger partial charge in [-0.25, -0.2) is 0 Å². The van der Waals surface area contributed by atoms with Crippen LogP contribution in [0.1, 0.15) is 10.4 Å². The minimum Gasteiger partial charge on any atom is -0.378 e. The van der Waals surface area contributed by atoms with E-state index >= 15 is 0 Å². The second-order valence-corrected chi connectivity index (χ2v) is 6.03. The number of hydrogen-bond acceptors (Lipinski definition) is 5. The third-order valence-corrected chi connectivity index (χ3v) is 4.59. The standard InChI is InChI=1S/C15H17N5O3/c1-18-11-6-20(5-10(14(18)21)7-23-8-11)15(22)12-3-2-4-19-9-16-17-13(12)19/h2-4,9-11H,5-8H2,1H3/t10-,11+/m1/s1. The first kappa shape index (κ1) is 14.1. The summed E-state index contributed by atoms with van der Waals surface area (Å²) in [6.45, 7) is 1.65. The average Bonchev–Trinajstić information content (AvgIpc) is 2.93. The van der Waals surface area contributed by atoms with Crippen LogP contribution in [-0.4, -0.2) is 75.6 Å². The lowest BCUT2D eigenvalue weighted by atomic mass is 10.1. The zero-order chi connectivity index (χ0) is 16.0. The molecule has 2 aromatic heterocycles. The first-order valence-electron chi connectivity index (χ1n) is 7.57. The smallest absolute Gasteiger partial charge is 0.257 e. The molecule has 8 nitrogen and oxygen atoms in total. The quantitative estimate of drug-likeness (QED) is 0.719. The van der Waals surface area contributed by atoms with E-state index in [-0.39, 0.29) is 23.8 Å². The van der Waals surface area contributed by atoms with Gasteiger partial charge in [0.05, 0.1) is 30.7 Å². The molecule has 8 heteroatoms. The number of amides is 2. The lowest BCUT2D eigenvalue weighted by Crippen LogP contribution is -2.45. The van der Waals surface area contributed by atoms with Gasteiger partial charge in [-0.15, -0.1) is 10.2 Å². The van der Waals surface area contributed by atoms with Crippen LogP contribution in [0.25, 0.3) is 5.65 Å². The summed E-state index contributed by atoms with van der Waals surface area (Å²) < 4.78 is 7.28. The normalized spacial score (nSPS) is 24.8. The molecule has 0 N–H and O–H groups in total. The Kier molecular flexibility index (Phi) is 3.26. The van der Waals surface area contributed by atoms with Crippen molar-refractivity contribution in [2.45, 2.75) is 6.04 Å². The van der Waals surface area contributed by atoms with Crippen LogP contribution in [-0.2, 0) is 9.53 Å². The predicted octanol–water partition coefficient (Wildman–Crippen LogP) is -0.341. The Morgan fingerprint density at radius 1 is 1.35 bits per heavy atom.